The summed E-state index contributed by atoms with van der Waals surface area (Å²) in [6.45, 7) is 16.6. The van der Waals surface area contributed by atoms with Gasteiger partial charge in [0, 0.05) is 56.9 Å². The highest BCUT2D eigenvalue weighted by atomic mass is 35.5. The van der Waals surface area contributed by atoms with E-state index in [-0.39, 0.29) is 48.1 Å². The van der Waals surface area contributed by atoms with Crippen molar-refractivity contribution in [3.8, 4) is 5.75 Å². The van der Waals surface area contributed by atoms with Crippen molar-refractivity contribution in [3.63, 3.8) is 0 Å². The van der Waals surface area contributed by atoms with Crippen LogP contribution in [0, 0.1) is 11.8 Å². The topological polar surface area (TPSA) is 262 Å². The second kappa shape index (κ2) is 29.2. The molecule has 80 heavy (non-hydrogen) atoms. The number of nitrogens with two attached hydrogens (primary N) is 1. The number of rotatable bonds is 18. The first kappa shape index (κ1) is 64.9. The lowest BCUT2D eigenvalue weighted by molar-refractivity contribution is -0.161. The lowest BCUT2D eigenvalue weighted by Crippen LogP contribution is -2.55. The highest BCUT2D eigenvalue weighted by Crippen LogP contribution is 2.49. The van der Waals surface area contributed by atoms with Gasteiger partial charge >= 0.3 is 18.2 Å². The highest BCUT2D eigenvalue weighted by molar-refractivity contribution is 8.22. The Morgan fingerprint density at radius 3 is 2.42 bits per heavy atom. The van der Waals surface area contributed by atoms with E-state index in [0.29, 0.717) is 66.0 Å². The Morgan fingerprint density at radius 2 is 1.77 bits per heavy atom. The number of epoxide rings is 1. The molecule has 440 valence electrons. The molecule has 6 amide bonds. The quantitative estimate of drug-likeness (QED) is 0.0366. The number of carbonyl (C=O) groups is 7. The predicted molar refractivity (Wildman–Crippen MR) is 313 cm³/mol. The van der Waals surface area contributed by atoms with Gasteiger partial charge in [0.05, 0.1) is 25.3 Å². The van der Waals surface area contributed by atoms with Crippen molar-refractivity contribution < 1.29 is 57.2 Å². The number of hydrogen-bond acceptors (Lipinski definition) is 15. The number of hydrogen-bond donors (Lipinski definition) is 6. The molecule has 2 unspecified atom stereocenters. The maximum Gasteiger partial charge on any atom is 0.408 e. The van der Waals surface area contributed by atoms with E-state index in [1.807, 2.05) is 56.3 Å². The molecule has 5 rings (SSSR count). The van der Waals surface area contributed by atoms with Crippen LogP contribution in [0.1, 0.15) is 112 Å². The highest BCUT2D eigenvalue weighted by Gasteiger charge is 2.64. The van der Waals surface area contributed by atoms with Gasteiger partial charge in [-0.1, -0.05) is 92.3 Å². The van der Waals surface area contributed by atoms with Crippen molar-refractivity contribution in [1.29, 1.82) is 0 Å². The van der Waals surface area contributed by atoms with Gasteiger partial charge in [-0.2, -0.15) is 0 Å². The number of amides is 6. The van der Waals surface area contributed by atoms with Gasteiger partial charge in [-0.05, 0) is 115 Å². The van der Waals surface area contributed by atoms with Gasteiger partial charge in [0.2, 0.25) is 23.6 Å². The van der Waals surface area contributed by atoms with Gasteiger partial charge in [0.1, 0.15) is 56.6 Å². The molecule has 2 aromatic carbocycles. The zero-order valence-electron chi connectivity index (χ0n) is 48.0. The number of halogens is 1. The Morgan fingerprint density at radius 1 is 1.07 bits per heavy atom. The minimum atomic E-state index is -1.16. The third-order valence-corrected chi connectivity index (χ3v) is 15.9. The number of fused-ring (bicyclic) bond motifs is 5. The third kappa shape index (κ3) is 18.5. The molecule has 3 heterocycles. The number of anilines is 2. The number of likely N-dealkylation sites (N-methyl/N-ethyl adjacent to an activating group) is 1. The second-order valence-corrected chi connectivity index (χ2v) is 24.3. The van der Waals surface area contributed by atoms with Gasteiger partial charge in [-0.15, -0.1) is 0 Å². The maximum atomic E-state index is 14.3. The van der Waals surface area contributed by atoms with E-state index in [1.165, 1.54) is 35.7 Å². The summed E-state index contributed by atoms with van der Waals surface area (Å²) in [4.78, 5) is 96.8. The Labute approximate surface area is 485 Å². The number of carbonyl (C=O) groups excluding carboxylic acids is 7. The molecule has 9 atom stereocenters. The lowest BCUT2D eigenvalue weighted by Gasteiger charge is -2.33. The minimum Gasteiger partial charge on any atom is -0.495 e. The summed E-state index contributed by atoms with van der Waals surface area (Å²) in [5.74, 6) is -2.44. The Kier molecular flexibility index (Phi) is 23.6. The summed E-state index contributed by atoms with van der Waals surface area (Å²) in [6.07, 6.45) is 4.57. The Balaban J connectivity index is 1.17. The standard InChI is InChI=1S/C57H81ClN8O12S2/c1-32(2)48(64-54(73)78-56(6,7)8)51(70)63-40(18-15-24-59)50(69)61-38-21-19-36(20-22-38)31-60-55(79)80-25-23-45(67)65(10)35(5)52(71)76-44-30-46(68)66(11)41-27-37(28-43(74-12)47(41)58)26-33(3)16-13-14-17-39-29-42(75-53(72)62-39)34(4)49-57(44,9)77-49/h13-14,16,19-22,27-28,32,34-35,39-40,42,44,48-49H,15,17-18,23-26,29-31,59H2,1-12H3,(H,60,79)(H,61,69)(H,62,72)(H,63,70)(H,64,73)/b14-13+,33-16+/t34-,35+,39?,40+,42+,44+,48+,49?,57+/m1/s1. The van der Waals surface area contributed by atoms with Crippen LogP contribution in [0.4, 0.5) is 21.0 Å². The number of thioether (sulfide) groups is 1. The van der Waals surface area contributed by atoms with Crippen LogP contribution in [0.2, 0.25) is 5.02 Å². The monoisotopic (exact) mass is 1170 g/mol. The number of methoxy groups -OCH3 is 1. The molecule has 20 nitrogen and oxygen atoms in total. The zero-order valence-corrected chi connectivity index (χ0v) is 50.4. The van der Waals surface area contributed by atoms with Crippen molar-refractivity contribution in [2.75, 3.05) is 43.7 Å². The van der Waals surface area contributed by atoms with E-state index in [2.05, 4.69) is 26.6 Å². The minimum absolute atomic E-state index is 0.0393. The first-order valence-corrected chi connectivity index (χ1v) is 28.8. The molecule has 2 fully saturated rings. The summed E-state index contributed by atoms with van der Waals surface area (Å²) in [5.41, 5.74) is 7.45. The number of nitrogens with one attached hydrogen (secondary N) is 5. The molecule has 0 spiro atoms. The van der Waals surface area contributed by atoms with E-state index in [1.54, 1.807) is 67.6 Å². The zero-order chi connectivity index (χ0) is 59.2. The van der Waals surface area contributed by atoms with Crippen LogP contribution in [-0.4, -0.2) is 138 Å². The van der Waals surface area contributed by atoms with Gasteiger partial charge in [0.15, 0.2) is 0 Å². The molecule has 4 bridgehead atoms. The molecule has 2 saturated heterocycles. The number of allylic oxidation sites excluding steroid dienone is 3. The number of thiocarbonyl (C=S) groups is 1. The van der Waals surface area contributed by atoms with Crippen molar-refractivity contribution in [1.82, 2.24) is 26.2 Å². The lowest BCUT2D eigenvalue weighted by atomic mass is 9.85. The van der Waals surface area contributed by atoms with E-state index in [4.69, 9.17) is 53.2 Å². The molecule has 2 aromatic rings. The van der Waals surface area contributed by atoms with Gasteiger partial charge < -0.3 is 65.8 Å². The number of nitrogens with zero attached hydrogens (tertiary/aromatic N) is 2. The number of alkyl carbamates (subject to hydrolysis) is 2. The van der Waals surface area contributed by atoms with E-state index in [0.717, 1.165) is 16.7 Å². The van der Waals surface area contributed by atoms with Crippen molar-refractivity contribution in [2.45, 2.75) is 167 Å². The van der Waals surface area contributed by atoms with Crippen molar-refractivity contribution in [2.24, 2.45) is 17.6 Å². The second-order valence-electron chi connectivity index (χ2n) is 22.1. The molecule has 0 aliphatic carbocycles. The summed E-state index contributed by atoms with van der Waals surface area (Å²) in [7, 11) is 4.60. The van der Waals surface area contributed by atoms with Crippen LogP contribution in [-0.2, 0) is 55.9 Å². The fraction of sp³-hybridized carbons (Fsp3) is 0.579. The molecule has 3 aliphatic rings. The normalized spacial score (nSPS) is 23.5. The first-order valence-electron chi connectivity index (χ1n) is 27.0. The molecule has 0 radical (unpaired) electrons. The summed E-state index contributed by atoms with van der Waals surface area (Å²) in [5, 5.41) is 14.6. The van der Waals surface area contributed by atoms with Gasteiger partial charge in [-0.3, -0.25) is 19.2 Å². The van der Waals surface area contributed by atoms with Crippen LogP contribution in [0.3, 0.4) is 0 Å². The summed E-state index contributed by atoms with van der Waals surface area (Å²) in [6, 6.07) is 7.59. The number of ether oxygens (including phenoxy) is 5. The van der Waals surface area contributed by atoms with Crippen LogP contribution in [0.25, 0.3) is 0 Å². The molecule has 23 heteroatoms. The largest absolute Gasteiger partial charge is 0.495 e. The molecular formula is C57H81ClN8O12S2. The molecule has 3 aliphatic heterocycles. The summed E-state index contributed by atoms with van der Waals surface area (Å²) < 4.78 is 29.7. The van der Waals surface area contributed by atoms with E-state index >= 15 is 0 Å². The fourth-order valence-corrected chi connectivity index (χ4v) is 10.6. The maximum absolute atomic E-state index is 14.3. The number of esters is 1. The average Bonchev–Trinajstić information content (AvgIpc) is 4.10. The van der Waals surface area contributed by atoms with Crippen LogP contribution in [0.15, 0.2) is 60.2 Å². The smallest absolute Gasteiger partial charge is 0.408 e. The fourth-order valence-electron chi connectivity index (χ4n) is 9.31. The van der Waals surface area contributed by atoms with Crippen molar-refractivity contribution in [3.05, 3.63) is 76.3 Å². The molecular weight excluding hydrogens is 1090 g/mol. The van der Waals surface area contributed by atoms with Crippen LogP contribution < -0.4 is 42.0 Å². The van der Waals surface area contributed by atoms with Gasteiger partial charge in [-0.25, -0.2) is 14.4 Å². The van der Waals surface area contributed by atoms with E-state index < -0.39 is 83.5 Å². The SMILES string of the molecule is COc1cc2cc(c1Cl)N(C)C(=O)C[C@H](OC(=O)[C@H](C)N(C)C(=O)CCSC(=S)NCc1ccc(NC(=O)[C@H](CCCN)NC(=O)[C@@H](NC(=O)OC(C)(C)C)C(C)C)cc1)[C@]1(C)OC1[C@H](C)[C@@H]1CC(C/C=C/C=C(\C)C2)NC(=O)O1. The average molecular weight is 1170 g/mol. The van der Waals surface area contributed by atoms with Crippen molar-refractivity contribution >= 4 is 93.1 Å². The van der Waals surface area contributed by atoms with Crippen LogP contribution >= 0.6 is 35.6 Å². The van der Waals surface area contributed by atoms with E-state index in [9.17, 15) is 33.6 Å². The summed E-state index contributed by atoms with van der Waals surface area (Å²) >= 11 is 13.7. The Bertz CT molecular complexity index is 2630. The Hall–Kier alpha value is -5.94. The first-order chi connectivity index (χ1) is 37.6. The molecule has 0 aromatic heterocycles. The molecule has 0 saturated carbocycles. The molecule has 7 N–H and O–H groups in total. The number of benzene rings is 2. The predicted octanol–water partition coefficient (Wildman–Crippen LogP) is 7.48. The van der Waals surface area contributed by atoms with Crippen LogP contribution in [0.5, 0.6) is 5.75 Å². The third-order valence-electron chi connectivity index (χ3n) is 14.2. The van der Waals surface area contributed by atoms with Gasteiger partial charge in [0.25, 0.3) is 0 Å².